The highest BCUT2D eigenvalue weighted by Crippen LogP contribution is 2.20. The molecule has 0 atom stereocenters. The monoisotopic (exact) mass is 242 g/mol. The van der Waals surface area contributed by atoms with Gasteiger partial charge in [-0.2, -0.15) is 0 Å². The van der Waals surface area contributed by atoms with Gasteiger partial charge >= 0.3 is 0 Å². The van der Waals surface area contributed by atoms with E-state index >= 15 is 0 Å². The van der Waals surface area contributed by atoms with E-state index in [1.807, 2.05) is 36.6 Å². The molecule has 0 aliphatic carbocycles. The molecule has 0 saturated carbocycles. The van der Waals surface area contributed by atoms with Gasteiger partial charge in [0.05, 0.1) is 23.3 Å². The third-order valence-electron chi connectivity index (χ3n) is 2.92. The van der Waals surface area contributed by atoms with Gasteiger partial charge in [0.1, 0.15) is 0 Å². The fourth-order valence-electron chi connectivity index (χ4n) is 2.06. The minimum absolute atomic E-state index is 0.490. The number of aryl methyl sites for hydroxylation is 2. The molecule has 0 saturated heterocycles. The lowest BCUT2D eigenvalue weighted by Crippen LogP contribution is -2.03. The van der Waals surface area contributed by atoms with Gasteiger partial charge in [-0.15, -0.1) is 0 Å². The number of hydrogen-bond donors (Lipinski definition) is 1. The maximum atomic E-state index is 5.95. The van der Waals surface area contributed by atoms with Gasteiger partial charge in [0.2, 0.25) is 5.95 Å². The van der Waals surface area contributed by atoms with Crippen LogP contribution in [0.4, 0.5) is 5.95 Å². The number of fused-ring (bicyclic) bond motifs is 1. The summed E-state index contributed by atoms with van der Waals surface area (Å²) in [6.45, 7) is 4.49. The van der Waals surface area contributed by atoms with E-state index in [4.69, 9.17) is 10.3 Å². The molecular formula is C13H14N4O. The SMILES string of the molecule is Cc1ccc2nc(N)n(Cc3cc(C)no3)c2c1. The first kappa shape index (κ1) is 10.8. The van der Waals surface area contributed by atoms with Crippen molar-refractivity contribution in [2.75, 3.05) is 5.73 Å². The summed E-state index contributed by atoms with van der Waals surface area (Å²) in [4.78, 5) is 4.34. The Labute approximate surface area is 104 Å². The zero-order chi connectivity index (χ0) is 12.7. The predicted molar refractivity (Wildman–Crippen MR) is 69.2 cm³/mol. The Balaban J connectivity index is 2.10. The average Bonchev–Trinajstić information content (AvgIpc) is 2.86. The van der Waals surface area contributed by atoms with Crippen LogP contribution < -0.4 is 5.73 Å². The summed E-state index contributed by atoms with van der Waals surface area (Å²) >= 11 is 0. The third kappa shape index (κ3) is 1.73. The van der Waals surface area contributed by atoms with Crippen LogP contribution in [-0.4, -0.2) is 14.7 Å². The third-order valence-corrected chi connectivity index (χ3v) is 2.92. The molecule has 18 heavy (non-hydrogen) atoms. The van der Waals surface area contributed by atoms with Gasteiger partial charge in [-0.05, 0) is 31.5 Å². The molecule has 5 nitrogen and oxygen atoms in total. The Bertz CT molecular complexity index is 711. The van der Waals surface area contributed by atoms with Crippen molar-refractivity contribution in [3.8, 4) is 0 Å². The Morgan fingerprint density at radius 3 is 2.83 bits per heavy atom. The molecule has 92 valence electrons. The number of imidazole rings is 1. The standard InChI is InChI=1S/C13H14N4O/c1-8-3-4-11-12(5-8)17(13(14)15-11)7-10-6-9(2)16-18-10/h3-6H,7H2,1-2H3,(H2,14,15). The van der Waals surface area contributed by atoms with E-state index in [0.717, 1.165) is 22.5 Å². The van der Waals surface area contributed by atoms with Crippen molar-refractivity contribution in [2.24, 2.45) is 0 Å². The molecule has 0 unspecified atom stereocenters. The maximum absolute atomic E-state index is 5.95. The van der Waals surface area contributed by atoms with Gasteiger partial charge in [0, 0.05) is 6.07 Å². The van der Waals surface area contributed by atoms with Gasteiger partial charge in [0.25, 0.3) is 0 Å². The number of rotatable bonds is 2. The predicted octanol–water partition coefficient (Wildman–Crippen LogP) is 2.27. The number of anilines is 1. The summed E-state index contributed by atoms with van der Waals surface area (Å²) in [6.07, 6.45) is 0. The summed E-state index contributed by atoms with van der Waals surface area (Å²) in [5.74, 6) is 1.27. The van der Waals surface area contributed by atoms with Crippen molar-refractivity contribution >= 4 is 17.0 Å². The second-order valence-corrected chi connectivity index (χ2v) is 4.48. The summed E-state index contributed by atoms with van der Waals surface area (Å²) in [5, 5.41) is 3.87. The molecule has 5 heteroatoms. The summed E-state index contributed by atoms with van der Waals surface area (Å²) in [5.41, 5.74) is 9.90. The van der Waals surface area contributed by atoms with Crippen LogP contribution in [0, 0.1) is 13.8 Å². The van der Waals surface area contributed by atoms with Crippen molar-refractivity contribution in [3.05, 3.63) is 41.3 Å². The zero-order valence-electron chi connectivity index (χ0n) is 10.3. The van der Waals surface area contributed by atoms with Crippen LogP contribution in [0.3, 0.4) is 0 Å². The molecule has 0 amide bonds. The summed E-state index contributed by atoms with van der Waals surface area (Å²) in [6, 6.07) is 7.98. The van der Waals surface area contributed by atoms with E-state index < -0.39 is 0 Å². The highest BCUT2D eigenvalue weighted by atomic mass is 16.5. The van der Waals surface area contributed by atoms with Crippen LogP contribution in [0.2, 0.25) is 0 Å². The first-order chi connectivity index (χ1) is 8.63. The van der Waals surface area contributed by atoms with Crippen LogP contribution in [0.1, 0.15) is 17.0 Å². The van der Waals surface area contributed by atoms with E-state index in [9.17, 15) is 0 Å². The van der Waals surface area contributed by atoms with Gasteiger partial charge in [0.15, 0.2) is 5.76 Å². The highest BCUT2D eigenvalue weighted by molar-refractivity contribution is 5.79. The first-order valence-corrected chi connectivity index (χ1v) is 5.78. The quantitative estimate of drug-likeness (QED) is 0.748. The van der Waals surface area contributed by atoms with Crippen LogP contribution in [0.15, 0.2) is 28.8 Å². The van der Waals surface area contributed by atoms with E-state index in [1.165, 1.54) is 5.56 Å². The number of nitrogen functional groups attached to an aromatic ring is 1. The van der Waals surface area contributed by atoms with E-state index in [-0.39, 0.29) is 0 Å². The number of nitrogens with zero attached hydrogens (tertiary/aromatic N) is 3. The molecule has 2 heterocycles. The Hall–Kier alpha value is -2.30. The average molecular weight is 242 g/mol. The fourth-order valence-corrected chi connectivity index (χ4v) is 2.06. The summed E-state index contributed by atoms with van der Waals surface area (Å²) in [7, 11) is 0. The molecule has 0 spiro atoms. The van der Waals surface area contributed by atoms with Crippen molar-refractivity contribution in [1.82, 2.24) is 14.7 Å². The number of nitrogens with two attached hydrogens (primary N) is 1. The Morgan fingerprint density at radius 1 is 1.28 bits per heavy atom. The minimum Gasteiger partial charge on any atom is -0.369 e. The topological polar surface area (TPSA) is 69.9 Å². The zero-order valence-corrected chi connectivity index (χ0v) is 10.3. The van der Waals surface area contributed by atoms with E-state index in [1.54, 1.807) is 0 Å². The van der Waals surface area contributed by atoms with Gasteiger partial charge < -0.3 is 14.8 Å². The lowest BCUT2D eigenvalue weighted by atomic mass is 10.2. The van der Waals surface area contributed by atoms with Crippen molar-refractivity contribution in [1.29, 1.82) is 0 Å². The smallest absolute Gasteiger partial charge is 0.201 e. The van der Waals surface area contributed by atoms with Crippen LogP contribution in [0.25, 0.3) is 11.0 Å². The van der Waals surface area contributed by atoms with E-state index in [0.29, 0.717) is 12.5 Å². The fraction of sp³-hybridized carbons (Fsp3) is 0.231. The number of hydrogen-bond acceptors (Lipinski definition) is 4. The molecule has 1 aromatic carbocycles. The van der Waals surface area contributed by atoms with Crippen molar-refractivity contribution < 1.29 is 4.52 Å². The van der Waals surface area contributed by atoms with Crippen molar-refractivity contribution in [3.63, 3.8) is 0 Å². The second kappa shape index (κ2) is 3.87. The van der Waals surface area contributed by atoms with Crippen LogP contribution in [0.5, 0.6) is 0 Å². The number of aromatic nitrogens is 3. The van der Waals surface area contributed by atoms with Crippen LogP contribution >= 0.6 is 0 Å². The maximum Gasteiger partial charge on any atom is 0.201 e. The van der Waals surface area contributed by atoms with Gasteiger partial charge in [-0.3, -0.25) is 0 Å². The van der Waals surface area contributed by atoms with Crippen molar-refractivity contribution in [2.45, 2.75) is 20.4 Å². The second-order valence-electron chi connectivity index (χ2n) is 4.48. The molecule has 3 aromatic rings. The molecular weight excluding hydrogens is 228 g/mol. The van der Waals surface area contributed by atoms with E-state index in [2.05, 4.69) is 16.2 Å². The first-order valence-electron chi connectivity index (χ1n) is 5.78. The molecule has 0 aliphatic heterocycles. The minimum atomic E-state index is 0.490. The Kier molecular flexibility index (Phi) is 2.33. The molecule has 2 N–H and O–H groups in total. The van der Waals surface area contributed by atoms with Crippen LogP contribution in [-0.2, 0) is 6.54 Å². The molecule has 0 aliphatic rings. The molecule has 0 bridgehead atoms. The lowest BCUT2D eigenvalue weighted by Gasteiger charge is -2.03. The normalized spacial score (nSPS) is 11.2. The highest BCUT2D eigenvalue weighted by Gasteiger charge is 2.10. The van der Waals surface area contributed by atoms with Gasteiger partial charge in [-0.25, -0.2) is 4.98 Å². The van der Waals surface area contributed by atoms with Gasteiger partial charge in [-0.1, -0.05) is 11.2 Å². The summed E-state index contributed by atoms with van der Waals surface area (Å²) < 4.78 is 7.15. The molecule has 0 radical (unpaired) electrons. The Morgan fingerprint density at radius 2 is 2.11 bits per heavy atom. The largest absolute Gasteiger partial charge is 0.369 e. The molecule has 3 rings (SSSR count). The lowest BCUT2D eigenvalue weighted by molar-refractivity contribution is 0.374. The number of benzene rings is 1. The molecule has 2 aromatic heterocycles. The molecule has 0 fully saturated rings.